The van der Waals surface area contributed by atoms with Gasteiger partial charge >= 0.3 is 0 Å². The summed E-state index contributed by atoms with van der Waals surface area (Å²) in [6, 6.07) is 0.583. The Morgan fingerprint density at radius 2 is 2.17 bits per heavy atom. The molecule has 2 N–H and O–H groups in total. The number of nitrogens with zero attached hydrogens (tertiary/aromatic N) is 2. The number of β-amino-alcohol motifs (C(OH)–C–C–N with tert-alkyl or cyclic N) is 1. The largest absolute Gasteiger partial charge is 0.389 e. The molecule has 6 heteroatoms. The molecular weight excluding hydrogens is 310 g/mol. The predicted molar refractivity (Wildman–Crippen MR) is 92.9 cm³/mol. The lowest BCUT2D eigenvalue weighted by molar-refractivity contribution is 0.0310. The van der Waals surface area contributed by atoms with Crippen LogP contribution in [0.5, 0.6) is 0 Å². The van der Waals surface area contributed by atoms with Crippen LogP contribution in [0, 0.1) is 0 Å². The lowest BCUT2D eigenvalue weighted by atomic mass is 9.86. The Morgan fingerprint density at radius 1 is 1.39 bits per heavy atom. The van der Waals surface area contributed by atoms with Crippen molar-refractivity contribution in [3.63, 3.8) is 0 Å². The lowest BCUT2D eigenvalue weighted by Gasteiger charge is -2.33. The Kier molecular flexibility index (Phi) is 6.42. The van der Waals surface area contributed by atoms with Crippen LogP contribution in [0.2, 0.25) is 0 Å². The van der Waals surface area contributed by atoms with Crippen LogP contribution in [0.4, 0.5) is 0 Å². The minimum absolute atomic E-state index is 0.369. The van der Waals surface area contributed by atoms with Crippen LogP contribution in [-0.2, 0) is 11.3 Å². The van der Waals surface area contributed by atoms with Gasteiger partial charge in [0.15, 0.2) is 0 Å². The third-order valence-corrected chi connectivity index (χ3v) is 6.17. The number of nitrogens with one attached hydrogen (secondary N) is 1. The summed E-state index contributed by atoms with van der Waals surface area (Å²) in [5.74, 6) is 0.746. The summed E-state index contributed by atoms with van der Waals surface area (Å²) >= 11 is 1.89. The first-order valence-electron chi connectivity index (χ1n) is 8.82. The first kappa shape index (κ1) is 17.3. The molecule has 1 unspecified atom stereocenters. The molecule has 3 rings (SSSR count). The Hall–Kier alpha value is -0.530. The molecule has 130 valence electrons. The highest BCUT2D eigenvalue weighted by Crippen LogP contribution is 2.38. The van der Waals surface area contributed by atoms with Gasteiger partial charge < -0.3 is 20.1 Å². The Morgan fingerprint density at radius 3 is 2.83 bits per heavy atom. The molecule has 2 aliphatic rings. The maximum absolute atomic E-state index is 9.80. The van der Waals surface area contributed by atoms with Crippen molar-refractivity contribution in [3.05, 3.63) is 16.1 Å². The molecule has 2 fully saturated rings. The molecule has 0 bridgehead atoms. The van der Waals surface area contributed by atoms with Crippen LogP contribution in [0.25, 0.3) is 0 Å². The zero-order chi connectivity index (χ0) is 16.1. The molecule has 1 saturated heterocycles. The Labute approximate surface area is 143 Å². The minimum atomic E-state index is -0.369. The normalized spacial score (nSPS) is 22.2. The second-order valence-electron chi connectivity index (χ2n) is 6.86. The van der Waals surface area contributed by atoms with Crippen molar-refractivity contribution in [2.24, 2.45) is 0 Å². The van der Waals surface area contributed by atoms with Gasteiger partial charge in [0, 0.05) is 43.2 Å². The molecule has 0 amide bonds. The lowest BCUT2D eigenvalue weighted by Crippen LogP contribution is -2.45. The first-order valence-corrected chi connectivity index (χ1v) is 9.63. The van der Waals surface area contributed by atoms with Crippen LogP contribution < -0.4 is 5.32 Å². The van der Waals surface area contributed by atoms with Gasteiger partial charge in [-0.3, -0.25) is 0 Å². The van der Waals surface area contributed by atoms with Crippen molar-refractivity contribution in [3.8, 4) is 0 Å². The number of likely N-dealkylation sites (tertiary alicyclic amines) is 1. The smallest absolute Gasteiger partial charge is 0.0959 e. The number of rotatable bonds is 8. The molecule has 1 aliphatic heterocycles. The first-order chi connectivity index (χ1) is 11.2. The molecule has 1 aromatic heterocycles. The number of hydrogen-bond donors (Lipinski definition) is 2. The van der Waals surface area contributed by atoms with Crippen LogP contribution in [0.1, 0.15) is 47.9 Å². The van der Waals surface area contributed by atoms with E-state index in [0.717, 1.165) is 44.9 Å². The molecule has 1 saturated carbocycles. The van der Waals surface area contributed by atoms with Gasteiger partial charge in [-0.25, -0.2) is 4.98 Å². The number of piperidine rings is 1. The number of aromatic nitrogens is 1. The zero-order valence-electron chi connectivity index (χ0n) is 14.0. The fourth-order valence-electron chi connectivity index (χ4n) is 3.36. The van der Waals surface area contributed by atoms with Crippen molar-refractivity contribution < 1.29 is 9.84 Å². The molecule has 1 atom stereocenters. The maximum Gasteiger partial charge on any atom is 0.0959 e. The fourth-order valence-corrected chi connectivity index (χ4v) is 4.39. The van der Waals surface area contributed by atoms with Crippen LogP contribution in [0.15, 0.2) is 6.20 Å². The monoisotopic (exact) mass is 339 g/mol. The Balaban J connectivity index is 1.35. The van der Waals surface area contributed by atoms with Gasteiger partial charge in [0.2, 0.25) is 0 Å². The second kappa shape index (κ2) is 8.53. The topological polar surface area (TPSA) is 57.6 Å². The molecular formula is C17H29N3O2S. The standard InChI is InChI=1S/C17H29N3O2S/c1-22-12-15(21)11-20-7-5-14(6-8-20)18-9-16-10-19-17(23-16)13-3-2-4-13/h10,13-15,18,21H,2-9,11-12H2,1H3. The average Bonchev–Trinajstić information content (AvgIpc) is 2.93. The highest BCUT2D eigenvalue weighted by atomic mass is 32.1. The summed E-state index contributed by atoms with van der Waals surface area (Å²) in [5.41, 5.74) is 0. The Bertz CT molecular complexity index is 470. The molecule has 1 aliphatic carbocycles. The van der Waals surface area contributed by atoms with E-state index in [9.17, 15) is 5.11 Å². The predicted octanol–water partition coefficient (Wildman–Crippen LogP) is 1.97. The molecule has 0 spiro atoms. The highest BCUT2D eigenvalue weighted by molar-refractivity contribution is 7.11. The van der Waals surface area contributed by atoms with E-state index in [1.54, 1.807) is 7.11 Å². The highest BCUT2D eigenvalue weighted by Gasteiger charge is 2.23. The summed E-state index contributed by atoms with van der Waals surface area (Å²) in [7, 11) is 1.63. The summed E-state index contributed by atoms with van der Waals surface area (Å²) in [5, 5.41) is 14.8. The van der Waals surface area contributed by atoms with E-state index in [4.69, 9.17) is 4.74 Å². The van der Waals surface area contributed by atoms with E-state index in [0.29, 0.717) is 12.6 Å². The van der Waals surface area contributed by atoms with Crippen LogP contribution in [0.3, 0.4) is 0 Å². The fraction of sp³-hybridized carbons (Fsp3) is 0.824. The zero-order valence-corrected chi connectivity index (χ0v) is 14.9. The number of ether oxygens (including phenoxy) is 1. The number of thiazole rings is 1. The van der Waals surface area contributed by atoms with Crippen LogP contribution >= 0.6 is 11.3 Å². The molecule has 5 nitrogen and oxygen atoms in total. The van der Waals surface area contributed by atoms with Crippen molar-refractivity contribution in [1.29, 1.82) is 0 Å². The van der Waals surface area contributed by atoms with Crippen molar-refractivity contribution >= 4 is 11.3 Å². The van der Waals surface area contributed by atoms with E-state index in [-0.39, 0.29) is 6.10 Å². The van der Waals surface area contributed by atoms with Crippen molar-refractivity contribution in [1.82, 2.24) is 15.2 Å². The third kappa shape index (κ3) is 4.97. The molecule has 0 radical (unpaired) electrons. The SMILES string of the molecule is COCC(O)CN1CCC(NCc2cnc(C3CCC3)s2)CC1. The minimum Gasteiger partial charge on any atom is -0.389 e. The van der Waals surface area contributed by atoms with E-state index in [1.807, 2.05) is 11.3 Å². The van der Waals surface area contributed by atoms with Crippen molar-refractivity contribution in [2.75, 3.05) is 33.4 Å². The summed E-state index contributed by atoms with van der Waals surface area (Å²) in [4.78, 5) is 8.30. The summed E-state index contributed by atoms with van der Waals surface area (Å²) in [6.45, 7) is 4.19. The van der Waals surface area contributed by atoms with Gasteiger partial charge in [-0.05, 0) is 38.8 Å². The van der Waals surface area contributed by atoms with Gasteiger partial charge in [0.1, 0.15) is 0 Å². The quantitative estimate of drug-likeness (QED) is 0.758. The number of aliphatic hydroxyl groups excluding tert-OH is 1. The van der Waals surface area contributed by atoms with Gasteiger partial charge in [-0.15, -0.1) is 11.3 Å². The van der Waals surface area contributed by atoms with Gasteiger partial charge in [0.25, 0.3) is 0 Å². The number of methoxy groups -OCH3 is 1. The van der Waals surface area contributed by atoms with E-state index in [2.05, 4.69) is 21.4 Å². The van der Waals surface area contributed by atoms with Gasteiger partial charge in [-0.1, -0.05) is 6.42 Å². The third-order valence-electron chi connectivity index (χ3n) is 5.01. The average molecular weight is 340 g/mol. The van der Waals surface area contributed by atoms with Gasteiger partial charge in [-0.2, -0.15) is 0 Å². The number of hydrogen-bond acceptors (Lipinski definition) is 6. The van der Waals surface area contributed by atoms with Gasteiger partial charge in [0.05, 0.1) is 17.7 Å². The molecule has 23 heavy (non-hydrogen) atoms. The molecule has 2 heterocycles. The summed E-state index contributed by atoms with van der Waals surface area (Å²) in [6.07, 6.45) is 8.01. The van der Waals surface area contributed by atoms with E-state index >= 15 is 0 Å². The number of aliphatic hydroxyl groups is 1. The van der Waals surface area contributed by atoms with E-state index in [1.165, 1.54) is 29.1 Å². The second-order valence-corrected chi connectivity index (χ2v) is 8.00. The molecule has 0 aromatic carbocycles. The van der Waals surface area contributed by atoms with E-state index < -0.39 is 0 Å². The van der Waals surface area contributed by atoms with Crippen molar-refractivity contribution in [2.45, 2.75) is 56.7 Å². The molecule has 1 aromatic rings. The summed E-state index contributed by atoms with van der Waals surface area (Å²) < 4.78 is 4.99. The maximum atomic E-state index is 9.80. The van der Waals surface area contributed by atoms with Crippen LogP contribution in [-0.4, -0.2) is 60.5 Å².